The molecule has 3 N–H and O–H groups in total. The lowest BCUT2D eigenvalue weighted by Crippen LogP contribution is -2.27. The first-order valence-corrected chi connectivity index (χ1v) is 3.89. The number of hydrogen-bond donors (Lipinski definition) is 3. The molecule has 0 aromatic rings. The van der Waals surface area contributed by atoms with Gasteiger partial charge in [-0.05, 0) is 0 Å². The maximum absolute atomic E-state index is 11.1. The van der Waals surface area contributed by atoms with Crippen LogP contribution in [0.1, 0.15) is 6.42 Å². The molecule has 0 aliphatic carbocycles. The second-order valence-electron chi connectivity index (χ2n) is 2.36. The van der Waals surface area contributed by atoms with Crippen LogP contribution >= 0.6 is 0 Å². The Bertz CT molecular complexity index is 291. The molecular weight excluding hydrogens is 186 g/mol. The minimum atomic E-state index is -0.999. The van der Waals surface area contributed by atoms with Crippen LogP contribution < -0.4 is 10.6 Å². The third-order valence-corrected chi connectivity index (χ3v) is 1.28. The van der Waals surface area contributed by atoms with Gasteiger partial charge in [-0.3, -0.25) is 9.59 Å². The fraction of sp³-hybridized carbons (Fsp3) is 0.375. The molecule has 0 aromatic heterocycles. The molecular formula is C8H11N3O3. The van der Waals surface area contributed by atoms with Crippen molar-refractivity contribution in [3.8, 4) is 6.07 Å². The first-order chi connectivity index (χ1) is 6.61. The highest BCUT2D eigenvalue weighted by molar-refractivity contribution is 5.97. The van der Waals surface area contributed by atoms with E-state index in [4.69, 9.17) is 10.4 Å². The molecule has 14 heavy (non-hydrogen) atoms. The number of aliphatic carboxylic acids is 1. The molecule has 76 valence electrons. The maximum Gasteiger partial charge on any atom is 0.305 e. The van der Waals surface area contributed by atoms with Gasteiger partial charge in [-0.25, -0.2) is 0 Å². The molecule has 6 heteroatoms. The summed E-state index contributed by atoms with van der Waals surface area (Å²) in [5.41, 5.74) is -0.0853. The number of carbonyl (C=O) groups is 2. The number of nitrogens with one attached hydrogen (secondary N) is 2. The summed E-state index contributed by atoms with van der Waals surface area (Å²) in [6.45, 7) is 0.0108. The van der Waals surface area contributed by atoms with Crippen molar-refractivity contribution in [2.75, 3.05) is 13.6 Å². The van der Waals surface area contributed by atoms with Crippen LogP contribution in [0.15, 0.2) is 11.8 Å². The monoisotopic (exact) mass is 197 g/mol. The molecule has 0 aliphatic heterocycles. The SMILES string of the molecule is CN/C=C(/C#N)C(=O)NCCC(=O)O. The van der Waals surface area contributed by atoms with Crippen LogP contribution in [0.3, 0.4) is 0 Å². The van der Waals surface area contributed by atoms with E-state index in [-0.39, 0.29) is 18.5 Å². The molecule has 0 saturated heterocycles. The van der Waals surface area contributed by atoms with E-state index in [1.807, 2.05) is 0 Å². The Kier molecular flexibility index (Phi) is 5.54. The summed E-state index contributed by atoms with van der Waals surface area (Å²) >= 11 is 0. The van der Waals surface area contributed by atoms with E-state index in [1.54, 1.807) is 13.1 Å². The largest absolute Gasteiger partial charge is 0.481 e. The number of amides is 1. The van der Waals surface area contributed by atoms with E-state index in [1.165, 1.54) is 6.20 Å². The number of carbonyl (C=O) groups excluding carboxylic acids is 1. The van der Waals surface area contributed by atoms with Crippen molar-refractivity contribution in [3.63, 3.8) is 0 Å². The summed E-state index contributed by atoms with van der Waals surface area (Å²) in [6.07, 6.45) is 1.08. The van der Waals surface area contributed by atoms with Crippen molar-refractivity contribution < 1.29 is 14.7 Å². The average Bonchev–Trinajstić information content (AvgIpc) is 2.13. The van der Waals surface area contributed by atoms with Gasteiger partial charge in [0.25, 0.3) is 5.91 Å². The van der Waals surface area contributed by atoms with Gasteiger partial charge in [-0.2, -0.15) is 5.26 Å². The van der Waals surface area contributed by atoms with Crippen LogP contribution in [0.5, 0.6) is 0 Å². The second kappa shape index (κ2) is 6.48. The van der Waals surface area contributed by atoms with Gasteiger partial charge in [0.2, 0.25) is 0 Å². The molecule has 0 radical (unpaired) electrons. The van der Waals surface area contributed by atoms with Gasteiger partial charge in [0.05, 0.1) is 6.42 Å². The third-order valence-electron chi connectivity index (χ3n) is 1.28. The highest BCUT2D eigenvalue weighted by atomic mass is 16.4. The lowest BCUT2D eigenvalue weighted by atomic mass is 10.3. The zero-order valence-corrected chi connectivity index (χ0v) is 7.70. The van der Waals surface area contributed by atoms with Crippen LogP contribution in [-0.4, -0.2) is 30.6 Å². The Morgan fingerprint density at radius 1 is 1.57 bits per heavy atom. The number of nitrogens with zero attached hydrogens (tertiary/aromatic N) is 1. The minimum Gasteiger partial charge on any atom is -0.481 e. The zero-order valence-electron chi connectivity index (χ0n) is 7.70. The van der Waals surface area contributed by atoms with E-state index in [2.05, 4.69) is 10.6 Å². The van der Waals surface area contributed by atoms with E-state index < -0.39 is 11.9 Å². The number of rotatable bonds is 5. The number of carboxylic acids is 1. The fourth-order valence-corrected chi connectivity index (χ4v) is 0.671. The summed E-state index contributed by atoms with van der Waals surface area (Å²) in [5.74, 6) is -1.58. The number of hydrogen-bond acceptors (Lipinski definition) is 4. The van der Waals surface area contributed by atoms with Gasteiger partial charge >= 0.3 is 5.97 Å². The Labute approximate surface area is 81.2 Å². The van der Waals surface area contributed by atoms with Crippen molar-refractivity contribution in [3.05, 3.63) is 11.8 Å². The van der Waals surface area contributed by atoms with Gasteiger partial charge in [-0.1, -0.05) is 0 Å². The summed E-state index contributed by atoms with van der Waals surface area (Å²) in [5, 5.41) is 21.6. The zero-order chi connectivity index (χ0) is 11.0. The van der Waals surface area contributed by atoms with Crippen molar-refractivity contribution in [1.82, 2.24) is 10.6 Å². The topological polar surface area (TPSA) is 102 Å². The maximum atomic E-state index is 11.1. The highest BCUT2D eigenvalue weighted by Gasteiger charge is 2.07. The predicted octanol–water partition coefficient (Wildman–Crippen LogP) is -0.796. The molecule has 0 unspecified atom stereocenters. The molecule has 6 nitrogen and oxygen atoms in total. The van der Waals surface area contributed by atoms with Gasteiger partial charge in [0.1, 0.15) is 11.6 Å². The lowest BCUT2D eigenvalue weighted by Gasteiger charge is -2.01. The van der Waals surface area contributed by atoms with Gasteiger partial charge in [-0.15, -0.1) is 0 Å². The van der Waals surface area contributed by atoms with Crippen LogP contribution in [0, 0.1) is 11.3 Å². The van der Waals surface area contributed by atoms with E-state index >= 15 is 0 Å². The summed E-state index contributed by atoms with van der Waals surface area (Å²) in [7, 11) is 1.56. The molecule has 0 aromatic carbocycles. The quantitative estimate of drug-likeness (QED) is 0.395. The number of carboxylic acid groups (broad SMARTS) is 1. The molecule has 0 aliphatic rings. The van der Waals surface area contributed by atoms with E-state index in [0.717, 1.165) is 0 Å². The van der Waals surface area contributed by atoms with Crippen molar-refractivity contribution in [2.24, 2.45) is 0 Å². The molecule has 0 fully saturated rings. The predicted molar refractivity (Wildman–Crippen MR) is 48.0 cm³/mol. The summed E-state index contributed by atoms with van der Waals surface area (Å²) in [6, 6.07) is 1.68. The molecule has 0 atom stereocenters. The first kappa shape index (κ1) is 12.0. The molecule has 0 rings (SSSR count). The van der Waals surface area contributed by atoms with E-state index in [0.29, 0.717) is 0 Å². The second-order valence-corrected chi connectivity index (χ2v) is 2.36. The minimum absolute atomic E-state index is 0.0108. The van der Waals surface area contributed by atoms with Crippen LogP contribution in [-0.2, 0) is 9.59 Å². The molecule has 1 amide bonds. The van der Waals surface area contributed by atoms with Crippen LogP contribution in [0.4, 0.5) is 0 Å². The smallest absolute Gasteiger partial charge is 0.305 e. The summed E-state index contributed by atoms with van der Waals surface area (Å²) in [4.78, 5) is 21.2. The van der Waals surface area contributed by atoms with Gasteiger partial charge < -0.3 is 15.7 Å². The normalized spacial score (nSPS) is 10.1. The third kappa shape index (κ3) is 4.77. The number of nitriles is 1. The van der Waals surface area contributed by atoms with Crippen molar-refractivity contribution in [2.45, 2.75) is 6.42 Å². The highest BCUT2D eigenvalue weighted by Crippen LogP contribution is 1.89. The van der Waals surface area contributed by atoms with E-state index in [9.17, 15) is 9.59 Å². The Morgan fingerprint density at radius 3 is 2.64 bits per heavy atom. The summed E-state index contributed by atoms with van der Waals surface area (Å²) < 4.78 is 0. The lowest BCUT2D eigenvalue weighted by molar-refractivity contribution is -0.136. The average molecular weight is 197 g/mol. The van der Waals surface area contributed by atoms with Crippen LogP contribution in [0.25, 0.3) is 0 Å². The first-order valence-electron chi connectivity index (χ1n) is 3.89. The Hall–Kier alpha value is -2.03. The molecule has 0 bridgehead atoms. The molecule has 0 heterocycles. The van der Waals surface area contributed by atoms with Crippen molar-refractivity contribution >= 4 is 11.9 Å². The standard InChI is InChI=1S/C8H11N3O3/c1-10-5-6(4-9)8(14)11-3-2-7(12)13/h5,10H,2-3H2,1H3,(H,11,14)(H,12,13)/b6-5-. The van der Waals surface area contributed by atoms with Gasteiger partial charge in [0.15, 0.2) is 0 Å². The molecule has 0 saturated carbocycles. The van der Waals surface area contributed by atoms with Gasteiger partial charge in [0, 0.05) is 19.8 Å². The Morgan fingerprint density at radius 2 is 2.21 bits per heavy atom. The van der Waals surface area contributed by atoms with Crippen molar-refractivity contribution in [1.29, 1.82) is 5.26 Å². The molecule has 0 spiro atoms. The van der Waals surface area contributed by atoms with Crippen LogP contribution in [0.2, 0.25) is 0 Å². The Balaban J connectivity index is 4.02. The fourth-order valence-electron chi connectivity index (χ4n) is 0.671.